The molecule has 0 spiro atoms. The highest BCUT2D eigenvalue weighted by molar-refractivity contribution is 7.21. The molecule has 27 heavy (non-hydrogen) atoms. The van der Waals surface area contributed by atoms with Crippen molar-refractivity contribution in [1.29, 1.82) is 5.26 Å². The highest BCUT2D eigenvalue weighted by Gasteiger charge is 2.22. The minimum absolute atomic E-state index is 0.000946. The number of thiophene rings is 2. The molecule has 2 aromatic heterocycles. The van der Waals surface area contributed by atoms with E-state index in [1.807, 2.05) is 0 Å². The van der Waals surface area contributed by atoms with Crippen LogP contribution in [0.15, 0.2) is 24.3 Å². The molecular weight excluding hydrogens is 382 g/mol. The lowest BCUT2D eigenvalue weighted by Gasteiger charge is -2.02. The quantitative estimate of drug-likeness (QED) is 0.370. The maximum Gasteiger partial charge on any atom is 0.270 e. The molecule has 0 saturated carbocycles. The molecule has 4 rings (SSSR count). The van der Waals surface area contributed by atoms with E-state index >= 15 is 0 Å². The van der Waals surface area contributed by atoms with Crippen LogP contribution in [0.4, 0.5) is 10.7 Å². The number of anilines is 1. The zero-order valence-electron chi connectivity index (χ0n) is 14.3. The molecule has 8 heteroatoms. The van der Waals surface area contributed by atoms with Crippen LogP contribution >= 0.6 is 22.7 Å². The van der Waals surface area contributed by atoms with E-state index < -0.39 is 4.92 Å². The topological polar surface area (TPSA) is 96.0 Å². The van der Waals surface area contributed by atoms with Crippen LogP contribution in [0.5, 0.6) is 0 Å². The Bertz CT molecular complexity index is 1110. The number of carbonyl (C=O) groups is 1. The second-order valence-corrected chi connectivity index (χ2v) is 8.61. The van der Waals surface area contributed by atoms with E-state index in [4.69, 9.17) is 0 Å². The maximum absolute atomic E-state index is 12.7. The molecule has 0 fully saturated rings. The number of benzene rings is 1. The number of carbonyl (C=O) groups excluding carboxylic acids is 1. The number of nitrogens with one attached hydrogen (secondary N) is 1. The summed E-state index contributed by atoms with van der Waals surface area (Å²) in [7, 11) is 0. The molecular formula is C19H15N3O3S2. The van der Waals surface area contributed by atoms with E-state index in [0.717, 1.165) is 35.9 Å². The molecule has 0 aliphatic heterocycles. The summed E-state index contributed by atoms with van der Waals surface area (Å²) in [5.41, 5.74) is 1.67. The minimum atomic E-state index is -0.450. The van der Waals surface area contributed by atoms with Crippen LogP contribution in [-0.4, -0.2) is 10.8 Å². The van der Waals surface area contributed by atoms with Gasteiger partial charge in [0, 0.05) is 27.1 Å². The molecule has 1 aromatic carbocycles. The van der Waals surface area contributed by atoms with Crippen LogP contribution in [0.3, 0.4) is 0 Å². The number of hydrogen-bond acceptors (Lipinski definition) is 6. The molecule has 0 saturated heterocycles. The van der Waals surface area contributed by atoms with Gasteiger partial charge in [-0.3, -0.25) is 14.9 Å². The molecule has 6 nitrogen and oxygen atoms in total. The van der Waals surface area contributed by atoms with Crippen LogP contribution < -0.4 is 5.32 Å². The molecule has 1 N–H and O–H groups in total. The van der Waals surface area contributed by atoms with E-state index in [2.05, 4.69) is 11.4 Å². The van der Waals surface area contributed by atoms with Gasteiger partial charge in [-0.1, -0.05) is 6.42 Å². The van der Waals surface area contributed by atoms with Gasteiger partial charge >= 0.3 is 0 Å². The number of nitriles is 1. The first-order valence-electron chi connectivity index (χ1n) is 8.61. The molecule has 3 aromatic rings. The van der Waals surface area contributed by atoms with Crippen molar-refractivity contribution < 1.29 is 9.72 Å². The van der Waals surface area contributed by atoms with Crippen LogP contribution in [0, 0.1) is 21.4 Å². The number of rotatable bonds is 3. The molecule has 0 atom stereocenters. The zero-order valence-corrected chi connectivity index (χ0v) is 15.9. The van der Waals surface area contributed by atoms with Crippen molar-refractivity contribution in [3.63, 3.8) is 0 Å². The van der Waals surface area contributed by atoms with Crippen molar-refractivity contribution in [2.45, 2.75) is 32.1 Å². The van der Waals surface area contributed by atoms with E-state index in [0.29, 0.717) is 20.8 Å². The number of non-ortho nitro benzene ring substituents is 1. The summed E-state index contributed by atoms with van der Waals surface area (Å²) in [5, 5.41) is 24.7. The molecule has 1 aliphatic rings. The Hall–Kier alpha value is -2.76. The third kappa shape index (κ3) is 3.31. The summed E-state index contributed by atoms with van der Waals surface area (Å²) in [4.78, 5) is 24.9. The van der Waals surface area contributed by atoms with Gasteiger partial charge in [0.1, 0.15) is 11.1 Å². The average molecular weight is 397 g/mol. The Kier molecular flexibility index (Phi) is 4.64. The van der Waals surface area contributed by atoms with Gasteiger partial charge in [-0.2, -0.15) is 5.26 Å². The van der Waals surface area contributed by atoms with Crippen LogP contribution in [0.1, 0.15) is 44.9 Å². The fraction of sp³-hybridized carbons (Fsp3) is 0.263. The van der Waals surface area contributed by atoms with Crippen molar-refractivity contribution in [3.05, 3.63) is 55.3 Å². The Morgan fingerprint density at radius 3 is 2.78 bits per heavy atom. The van der Waals surface area contributed by atoms with Crippen LogP contribution in [0.2, 0.25) is 0 Å². The van der Waals surface area contributed by atoms with Gasteiger partial charge in [0.25, 0.3) is 11.6 Å². The lowest BCUT2D eigenvalue weighted by Crippen LogP contribution is -2.10. The summed E-state index contributed by atoms with van der Waals surface area (Å²) in [6.07, 6.45) is 5.19. The first kappa shape index (κ1) is 17.6. The third-order valence-corrected chi connectivity index (χ3v) is 7.02. The van der Waals surface area contributed by atoms with Crippen molar-refractivity contribution in [1.82, 2.24) is 0 Å². The van der Waals surface area contributed by atoms with Crippen LogP contribution in [0.25, 0.3) is 10.1 Å². The molecule has 0 radical (unpaired) electrons. The van der Waals surface area contributed by atoms with Gasteiger partial charge in [-0.15, -0.1) is 22.7 Å². The van der Waals surface area contributed by atoms with E-state index in [-0.39, 0.29) is 11.6 Å². The lowest BCUT2D eigenvalue weighted by molar-refractivity contribution is -0.384. The molecule has 1 aliphatic carbocycles. The van der Waals surface area contributed by atoms with Crippen molar-refractivity contribution in [3.8, 4) is 6.07 Å². The van der Waals surface area contributed by atoms with Crippen LogP contribution in [-0.2, 0) is 12.8 Å². The highest BCUT2D eigenvalue weighted by Crippen LogP contribution is 2.38. The van der Waals surface area contributed by atoms with E-state index in [9.17, 15) is 20.2 Å². The van der Waals surface area contributed by atoms with Gasteiger partial charge in [0.05, 0.1) is 15.4 Å². The summed E-state index contributed by atoms with van der Waals surface area (Å²) in [6.45, 7) is 0. The summed E-state index contributed by atoms with van der Waals surface area (Å²) in [6, 6.07) is 8.48. The smallest absolute Gasteiger partial charge is 0.270 e. The number of aryl methyl sites for hydroxylation is 1. The number of nitro benzene ring substituents is 1. The average Bonchev–Trinajstić information content (AvgIpc) is 3.14. The Morgan fingerprint density at radius 1 is 1.19 bits per heavy atom. The second-order valence-electron chi connectivity index (χ2n) is 6.42. The minimum Gasteiger partial charge on any atom is -0.312 e. The number of amides is 1. The highest BCUT2D eigenvalue weighted by atomic mass is 32.1. The maximum atomic E-state index is 12.7. The number of fused-ring (bicyclic) bond motifs is 2. The molecule has 0 bridgehead atoms. The van der Waals surface area contributed by atoms with Gasteiger partial charge in [0.2, 0.25) is 0 Å². The molecule has 0 unspecified atom stereocenters. The largest absolute Gasteiger partial charge is 0.312 e. The Morgan fingerprint density at radius 2 is 2.00 bits per heavy atom. The fourth-order valence-corrected chi connectivity index (χ4v) is 5.54. The monoisotopic (exact) mass is 397 g/mol. The standard InChI is InChI=1S/C19H15N3O3S2/c20-10-14-13-4-2-1-3-5-16(13)27-19(14)21-18(23)17-9-11-8-12(22(24)25)6-7-15(11)26-17/h6-9H,1-5H2,(H,21,23). The van der Waals surface area contributed by atoms with Crippen molar-refractivity contribution in [2.75, 3.05) is 5.32 Å². The lowest BCUT2D eigenvalue weighted by atomic mass is 10.1. The van der Waals surface area contributed by atoms with Gasteiger partial charge in [0.15, 0.2) is 0 Å². The zero-order chi connectivity index (χ0) is 19.0. The van der Waals surface area contributed by atoms with E-state index in [1.54, 1.807) is 12.1 Å². The fourth-order valence-electron chi connectivity index (χ4n) is 3.37. The summed E-state index contributed by atoms with van der Waals surface area (Å²) >= 11 is 2.78. The van der Waals surface area contributed by atoms with Gasteiger partial charge in [-0.25, -0.2) is 0 Å². The Labute approximate surface area is 163 Å². The van der Waals surface area contributed by atoms with Crippen molar-refractivity contribution >= 4 is 49.4 Å². The second kappa shape index (κ2) is 7.10. The first-order chi connectivity index (χ1) is 13.1. The number of nitro groups is 1. The predicted octanol–water partition coefficient (Wildman–Crippen LogP) is 5.26. The molecule has 2 heterocycles. The third-order valence-electron chi connectivity index (χ3n) is 4.69. The normalized spacial score (nSPS) is 13.6. The molecule has 1 amide bonds. The number of hydrogen-bond donors (Lipinski definition) is 1. The predicted molar refractivity (Wildman–Crippen MR) is 107 cm³/mol. The van der Waals surface area contributed by atoms with Gasteiger partial charge < -0.3 is 5.32 Å². The summed E-state index contributed by atoms with van der Waals surface area (Å²) < 4.78 is 0.813. The Balaban J connectivity index is 1.64. The summed E-state index contributed by atoms with van der Waals surface area (Å²) in [5.74, 6) is -0.285. The van der Waals surface area contributed by atoms with Gasteiger partial charge in [-0.05, 0) is 43.4 Å². The first-order valence-corrected chi connectivity index (χ1v) is 10.2. The number of nitrogens with zero attached hydrogens (tertiary/aromatic N) is 2. The SMILES string of the molecule is N#Cc1c(NC(=O)c2cc3cc([N+](=O)[O-])ccc3s2)sc2c1CCCCC2. The van der Waals surface area contributed by atoms with Crippen molar-refractivity contribution in [2.24, 2.45) is 0 Å². The molecule has 136 valence electrons. The van der Waals surface area contributed by atoms with E-state index in [1.165, 1.54) is 46.1 Å².